The lowest BCUT2D eigenvalue weighted by Gasteiger charge is -2.32. The lowest BCUT2D eigenvalue weighted by molar-refractivity contribution is 0.255. The zero-order chi connectivity index (χ0) is 25.4. The van der Waals surface area contributed by atoms with Crippen LogP contribution in [-0.4, -0.2) is 76.9 Å². The van der Waals surface area contributed by atoms with Crippen LogP contribution in [0, 0.1) is 0 Å². The molecule has 5 heterocycles. The first-order valence-corrected chi connectivity index (χ1v) is 14.0. The minimum Gasteiger partial charge on any atom is -0.357 e. The normalized spacial score (nSPS) is 17.4. The second kappa shape index (κ2) is 9.49. The highest BCUT2D eigenvalue weighted by Crippen LogP contribution is 2.28. The van der Waals surface area contributed by atoms with Crippen LogP contribution in [0.2, 0.25) is 0 Å². The van der Waals surface area contributed by atoms with Gasteiger partial charge in [0.05, 0.1) is 17.1 Å². The Morgan fingerprint density at radius 1 is 0.972 bits per heavy atom. The number of pyridine rings is 2. The Balaban J connectivity index is 1.28. The number of aromatic nitrogens is 5. The minimum atomic E-state index is -3.01. The first kappa shape index (κ1) is 24.2. The van der Waals surface area contributed by atoms with Crippen molar-refractivity contribution in [2.24, 2.45) is 0 Å². The van der Waals surface area contributed by atoms with Gasteiger partial charge in [0.25, 0.3) is 0 Å². The largest absolute Gasteiger partial charge is 0.357 e. The average molecular weight is 511 g/mol. The third-order valence-corrected chi connectivity index (χ3v) is 8.48. The van der Waals surface area contributed by atoms with E-state index in [1.807, 2.05) is 34.9 Å². The Labute approximate surface area is 210 Å². The zero-order valence-electron chi connectivity index (χ0n) is 20.6. The maximum atomic E-state index is 13.3. The van der Waals surface area contributed by atoms with E-state index in [9.17, 15) is 13.2 Å². The molecule has 2 saturated heterocycles. The van der Waals surface area contributed by atoms with Gasteiger partial charge in [-0.15, -0.1) is 10.2 Å². The predicted molar refractivity (Wildman–Crippen MR) is 138 cm³/mol. The summed E-state index contributed by atoms with van der Waals surface area (Å²) in [4.78, 5) is 28.0. The van der Waals surface area contributed by atoms with E-state index in [1.54, 1.807) is 22.3 Å². The smallest absolute Gasteiger partial charge is 0.330 e. The quantitative estimate of drug-likeness (QED) is 0.497. The van der Waals surface area contributed by atoms with E-state index >= 15 is 0 Å². The van der Waals surface area contributed by atoms with Gasteiger partial charge in [-0.2, -0.15) is 0 Å². The Hall–Kier alpha value is -3.54. The number of nitrogens with zero attached hydrogens (tertiary/aromatic N) is 8. The van der Waals surface area contributed by atoms with Gasteiger partial charge in [-0.25, -0.2) is 23.2 Å². The summed E-state index contributed by atoms with van der Waals surface area (Å²) in [6, 6.07) is 9.37. The molecule has 0 unspecified atom stereocenters. The molecule has 3 aromatic heterocycles. The molecule has 0 aromatic carbocycles. The molecule has 12 heteroatoms. The van der Waals surface area contributed by atoms with E-state index in [0.29, 0.717) is 62.0 Å². The maximum absolute atomic E-state index is 13.3. The van der Waals surface area contributed by atoms with Gasteiger partial charge in [0.15, 0.2) is 5.82 Å². The SMILES string of the molecule is CC(C)n1cnnc1-c1cccc(N2CCN(c3ccc(N4CCC(S(C)(=O)=O)CC4)nc3)C2=O)n1. The lowest BCUT2D eigenvalue weighted by atomic mass is 10.1. The van der Waals surface area contributed by atoms with Crippen molar-refractivity contribution >= 4 is 33.2 Å². The molecule has 11 nitrogen and oxygen atoms in total. The van der Waals surface area contributed by atoms with Gasteiger partial charge in [0.2, 0.25) is 0 Å². The molecule has 2 aliphatic rings. The molecule has 2 aliphatic heterocycles. The molecule has 36 heavy (non-hydrogen) atoms. The first-order valence-electron chi connectivity index (χ1n) is 12.1. The van der Waals surface area contributed by atoms with Crippen molar-refractivity contribution in [3.05, 3.63) is 42.9 Å². The average Bonchev–Trinajstić information content (AvgIpc) is 3.51. The van der Waals surface area contributed by atoms with Gasteiger partial charge in [-0.05, 0) is 51.0 Å². The second-order valence-corrected chi connectivity index (χ2v) is 11.8. The number of urea groups is 1. The minimum absolute atomic E-state index is 0.159. The topological polar surface area (TPSA) is 117 Å². The van der Waals surface area contributed by atoms with E-state index in [-0.39, 0.29) is 17.3 Å². The molecule has 2 amide bonds. The van der Waals surface area contributed by atoms with E-state index in [4.69, 9.17) is 4.98 Å². The molecule has 2 fully saturated rings. The fraction of sp³-hybridized carbons (Fsp3) is 0.458. The number of sulfone groups is 1. The van der Waals surface area contributed by atoms with Gasteiger partial charge in [-0.1, -0.05) is 6.07 Å². The summed E-state index contributed by atoms with van der Waals surface area (Å²) >= 11 is 0. The molecule has 0 bridgehead atoms. The Kier molecular flexibility index (Phi) is 6.37. The molecule has 3 aromatic rings. The number of carbonyl (C=O) groups is 1. The number of carbonyl (C=O) groups excluding carboxylic acids is 1. The number of amides is 2. The monoisotopic (exact) mass is 510 g/mol. The van der Waals surface area contributed by atoms with Crippen LogP contribution in [0.4, 0.5) is 22.1 Å². The molecular weight excluding hydrogens is 480 g/mol. The van der Waals surface area contributed by atoms with Gasteiger partial charge < -0.3 is 9.47 Å². The number of hydrogen-bond donors (Lipinski definition) is 0. The Bertz CT molecular complexity index is 1350. The summed E-state index contributed by atoms with van der Waals surface area (Å²) in [5.41, 5.74) is 1.38. The van der Waals surface area contributed by atoms with Crippen LogP contribution >= 0.6 is 0 Å². The van der Waals surface area contributed by atoms with Gasteiger partial charge in [0, 0.05) is 38.5 Å². The second-order valence-electron chi connectivity index (χ2n) is 9.51. The zero-order valence-corrected chi connectivity index (χ0v) is 21.5. The molecule has 190 valence electrons. The standard InChI is InChI=1S/C24H30N8O3S/c1-17(2)32-16-26-28-23(32)20-5-4-6-22(27-20)31-14-13-30(24(31)33)18-7-8-21(25-15-18)29-11-9-19(10-12-29)36(3,34)35/h4-8,15-17,19H,9-14H2,1-3H3. The number of piperidine rings is 1. The number of hydrogen-bond acceptors (Lipinski definition) is 8. The van der Waals surface area contributed by atoms with Crippen molar-refractivity contribution in [3.63, 3.8) is 0 Å². The lowest BCUT2D eigenvalue weighted by Crippen LogP contribution is -2.39. The molecule has 0 radical (unpaired) electrons. The number of rotatable bonds is 6. The van der Waals surface area contributed by atoms with Crippen molar-refractivity contribution in [3.8, 4) is 11.5 Å². The van der Waals surface area contributed by atoms with Crippen LogP contribution in [0.25, 0.3) is 11.5 Å². The third-order valence-electron chi connectivity index (χ3n) is 6.79. The summed E-state index contributed by atoms with van der Waals surface area (Å²) in [6.07, 6.45) is 5.89. The van der Waals surface area contributed by atoms with Crippen molar-refractivity contribution in [1.29, 1.82) is 0 Å². The maximum Gasteiger partial charge on any atom is 0.330 e. The van der Waals surface area contributed by atoms with Crippen LogP contribution in [0.5, 0.6) is 0 Å². The summed E-state index contributed by atoms with van der Waals surface area (Å²) in [5, 5.41) is 7.95. The summed E-state index contributed by atoms with van der Waals surface area (Å²) in [7, 11) is -3.01. The van der Waals surface area contributed by atoms with Crippen molar-refractivity contribution in [2.45, 2.75) is 38.0 Å². The molecule has 0 atom stereocenters. The van der Waals surface area contributed by atoms with Crippen LogP contribution in [0.1, 0.15) is 32.7 Å². The molecule has 0 spiro atoms. The fourth-order valence-corrected chi connectivity index (χ4v) is 5.80. The highest BCUT2D eigenvalue weighted by molar-refractivity contribution is 7.91. The van der Waals surface area contributed by atoms with Crippen LogP contribution in [0.3, 0.4) is 0 Å². The summed E-state index contributed by atoms with van der Waals surface area (Å²) in [5.74, 6) is 2.02. The summed E-state index contributed by atoms with van der Waals surface area (Å²) in [6.45, 7) is 6.42. The molecule has 0 N–H and O–H groups in total. The van der Waals surface area contributed by atoms with Gasteiger partial charge in [-0.3, -0.25) is 9.80 Å². The highest BCUT2D eigenvalue weighted by Gasteiger charge is 2.32. The summed E-state index contributed by atoms with van der Waals surface area (Å²) < 4.78 is 25.6. The van der Waals surface area contributed by atoms with Crippen LogP contribution in [-0.2, 0) is 9.84 Å². The first-order chi connectivity index (χ1) is 17.2. The van der Waals surface area contributed by atoms with Gasteiger partial charge in [0.1, 0.15) is 33.5 Å². The number of anilines is 3. The van der Waals surface area contributed by atoms with Crippen LogP contribution < -0.4 is 14.7 Å². The van der Waals surface area contributed by atoms with E-state index in [1.165, 1.54) is 6.26 Å². The van der Waals surface area contributed by atoms with Crippen LogP contribution in [0.15, 0.2) is 42.9 Å². The van der Waals surface area contributed by atoms with Crippen molar-refractivity contribution in [1.82, 2.24) is 24.7 Å². The van der Waals surface area contributed by atoms with E-state index in [2.05, 4.69) is 33.9 Å². The molecule has 0 saturated carbocycles. The Morgan fingerprint density at radius 3 is 2.39 bits per heavy atom. The molecular formula is C24H30N8O3S. The van der Waals surface area contributed by atoms with Crippen molar-refractivity contribution < 1.29 is 13.2 Å². The van der Waals surface area contributed by atoms with E-state index in [0.717, 1.165) is 5.82 Å². The van der Waals surface area contributed by atoms with Crippen molar-refractivity contribution in [2.75, 3.05) is 47.1 Å². The third kappa shape index (κ3) is 4.64. The molecule has 0 aliphatic carbocycles. The predicted octanol–water partition coefficient (Wildman–Crippen LogP) is 2.78. The van der Waals surface area contributed by atoms with Gasteiger partial charge >= 0.3 is 6.03 Å². The fourth-order valence-electron chi connectivity index (χ4n) is 4.73. The van der Waals surface area contributed by atoms with E-state index < -0.39 is 9.84 Å². The Morgan fingerprint density at radius 2 is 1.72 bits per heavy atom. The molecule has 5 rings (SSSR count). The highest BCUT2D eigenvalue weighted by atomic mass is 32.2.